The molecule has 1 heterocycles. The van der Waals surface area contributed by atoms with E-state index in [4.69, 9.17) is 25.8 Å². The van der Waals surface area contributed by atoms with E-state index >= 15 is 0 Å². The van der Waals surface area contributed by atoms with Crippen molar-refractivity contribution in [3.05, 3.63) is 107 Å². The molecule has 37 heavy (non-hydrogen) atoms. The van der Waals surface area contributed by atoms with E-state index in [9.17, 15) is 10.1 Å². The number of nitriles is 1. The number of aryl methyl sites for hydroxylation is 1. The van der Waals surface area contributed by atoms with E-state index in [-0.39, 0.29) is 18.2 Å². The molecule has 0 saturated heterocycles. The molecule has 4 rings (SSSR count). The van der Waals surface area contributed by atoms with E-state index in [1.165, 1.54) is 5.01 Å². The number of allylic oxidation sites excluding steroid dienone is 1. The molecule has 0 bridgehead atoms. The molecule has 0 spiro atoms. The number of carbonyl (C=O) groups is 1. The molecule has 188 valence electrons. The van der Waals surface area contributed by atoms with Crippen LogP contribution < -0.4 is 21.1 Å². The summed E-state index contributed by atoms with van der Waals surface area (Å²) in [5.41, 5.74) is 9.91. The van der Waals surface area contributed by atoms with Gasteiger partial charge in [-0.3, -0.25) is 0 Å². The smallest absolute Gasteiger partial charge is 0.338 e. The van der Waals surface area contributed by atoms with Crippen molar-refractivity contribution in [2.45, 2.75) is 26.6 Å². The molecule has 3 aromatic carbocycles. The minimum atomic E-state index is -1.01. The number of nitrogens with zero attached hydrogens (tertiary/aromatic N) is 3. The predicted molar refractivity (Wildman–Crippen MR) is 138 cm³/mol. The third-order valence-corrected chi connectivity index (χ3v) is 5.63. The molecular formula is C28H27N5O4. The van der Waals surface area contributed by atoms with Gasteiger partial charge in [0.2, 0.25) is 5.88 Å². The van der Waals surface area contributed by atoms with Gasteiger partial charge in [0.25, 0.3) is 6.35 Å². The van der Waals surface area contributed by atoms with Crippen LogP contribution in [0.1, 0.15) is 34.0 Å². The summed E-state index contributed by atoms with van der Waals surface area (Å²) in [6.45, 7) is 3.89. The summed E-state index contributed by atoms with van der Waals surface area (Å²) in [6.07, 6.45) is -0.583. The quantitative estimate of drug-likeness (QED) is 0.354. The molecule has 1 atom stereocenters. The molecular weight excluding hydrogens is 470 g/mol. The minimum absolute atomic E-state index is 0.146. The molecule has 0 amide bonds. The molecule has 1 unspecified atom stereocenters. The second-order valence-corrected chi connectivity index (χ2v) is 8.25. The largest absolute Gasteiger partial charge is 0.462 e. The fraction of sp³-hybridized carbons (Fsp3) is 0.179. The van der Waals surface area contributed by atoms with Gasteiger partial charge in [0.05, 0.1) is 29.5 Å². The standard InChI is InChI=1S/C28H27N5O4/c1-3-35-27(34)21-11-13-22(14-12-21)36-28-32-23(15-19-7-5-4-6-8-19)25(30)26(33(28)31)37-24-16-20(17-29)10-9-18(24)2/h4-14,16,28H,3,15,30-31H2,1-2H3. The first-order chi connectivity index (χ1) is 17.9. The van der Waals surface area contributed by atoms with Crippen LogP contribution in [-0.2, 0) is 11.2 Å². The summed E-state index contributed by atoms with van der Waals surface area (Å²) >= 11 is 0. The second-order valence-electron chi connectivity index (χ2n) is 8.25. The van der Waals surface area contributed by atoms with E-state index in [0.29, 0.717) is 34.8 Å². The highest BCUT2D eigenvalue weighted by atomic mass is 16.5. The van der Waals surface area contributed by atoms with Crippen molar-refractivity contribution < 1.29 is 19.0 Å². The lowest BCUT2D eigenvalue weighted by molar-refractivity contribution is 0.0225. The number of ether oxygens (including phenoxy) is 3. The summed E-state index contributed by atoms with van der Waals surface area (Å²) in [5, 5.41) is 10.5. The number of hydrogen-bond donors (Lipinski definition) is 2. The lowest BCUT2D eigenvalue weighted by Gasteiger charge is -2.33. The average Bonchev–Trinajstić information content (AvgIpc) is 2.91. The number of hydrogen-bond acceptors (Lipinski definition) is 9. The highest BCUT2D eigenvalue weighted by molar-refractivity contribution is 6.01. The Bertz CT molecular complexity index is 1380. The maximum Gasteiger partial charge on any atom is 0.338 e. The summed E-state index contributed by atoms with van der Waals surface area (Å²) < 4.78 is 17.2. The second kappa shape index (κ2) is 11.3. The third kappa shape index (κ3) is 5.89. The van der Waals surface area contributed by atoms with Gasteiger partial charge in [-0.25, -0.2) is 20.6 Å². The number of aliphatic imine (C=N–C) groups is 1. The third-order valence-electron chi connectivity index (χ3n) is 5.63. The van der Waals surface area contributed by atoms with Crippen molar-refractivity contribution in [1.82, 2.24) is 5.01 Å². The van der Waals surface area contributed by atoms with Crippen LogP contribution in [0.25, 0.3) is 0 Å². The van der Waals surface area contributed by atoms with Gasteiger partial charge in [-0.2, -0.15) is 5.26 Å². The maximum absolute atomic E-state index is 12.0. The molecule has 9 nitrogen and oxygen atoms in total. The van der Waals surface area contributed by atoms with Gasteiger partial charge in [-0.1, -0.05) is 36.4 Å². The Kier molecular flexibility index (Phi) is 7.71. The summed E-state index contributed by atoms with van der Waals surface area (Å²) in [5.74, 6) is 6.99. The highest BCUT2D eigenvalue weighted by Crippen LogP contribution is 2.27. The molecule has 4 N–H and O–H groups in total. The van der Waals surface area contributed by atoms with Gasteiger partial charge in [0.1, 0.15) is 17.2 Å². The Morgan fingerprint density at radius 3 is 2.51 bits per heavy atom. The van der Waals surface area contributed by atoms with E-state index in [1.807, 2.05) is 37.3 Å². The van der Waals surface area contributed by atoms with Crippen molar-refractivity contribution in [3.63, 3.8) is 0 Å². The number of benzene rings is 3. The summed E-state index contributed by atoms with van der Waals surface area (Å²) in [6, 6.07) is 23.4. The van der Waals surface area contributed by atoms with Crippen LogP contribution in [0.3, 0.4) is 0 Å². The van der Waals surface area contributed by atoms with Gasteiger partial charge in [0, 0.05) is 6.42 Å². The molecule has 1 aliphatic rings. The molecule has 0 aliphatic carbocycles. The maximum atomic E-state index is 12.0. The van der Waals surface area contributed by atoms with Crippen molar-refractivity contribution in [3.8, 4) is 17.6 Å². The number of esters is 1. The zero-order valence-electron chi connectivity index (χ0n) is 20.5. The average molecular weight is 498 g/mol. The van der Waals surface area contributed by atoms with Crippen LogP contribution in [-0.4, -0.2) is 29.6 Å². The van der Waals surface area contributed by atoms with Gasteiger partial charge in [-0.05, 0) is 61.4 Å². The number of carbonyl (C=O) groups excluding carboxylic acids is 1. The Balaban J connectivity index is 1.66. The number of nitrogens with two attached hydrogens (primary N) is 2. The SMILES string of the molecule is CCOC(=O)c1ccc(OC2N=C(Cc3ccccc3)C(N)=C(Oc3cc(C#N)ccc3C)N2N)cc1. The van der Waals surface area contributed by atoms with Gasteiger partial charge < -0.3 is 19.9 Å². The van der Waals surface area contributed by atoms with E-state index in [0.717, 1.165) is 11.1 Å². The van der Waals surface area contributed by atoms with Crippen molar-refractivity contribution >= 4 is 11.7 Å². The fourth-order valence-corrected chi connectivity index (χ4v) is 3.64. The Morgan fingerprint density at radius 1 is 1.11 bits per heavy atom. The Labute approximate surface area is 215 Å². The van der Waals surface area contributed by atoms with Gasteiger partial charge >= 0.3 is 5.97 Å². The van der Waals surface area contributed by atoms with Crippen molar-refractivity contribution in [2.24, 2.45) is 16.6 Å². The number of hydrazine groups is 1. The molecule has 0 fully saturated rings. The first-order valence-electron chi connectivity index (χ1n) is 11.7. The highest BCUT2D eigenvalue weighted by Gasteiger charge is 2.31. The predicted octanol–water partition coefficient (Wildman–Crippen LogP) is 3.79. The molecule has 0 aromatic heterocycles. The van der Waals surface area contributed by atoms with Crippen LogP contribution in [0.4, 0.5) is 0 Å². The first kappa shape index (κ1) is 25.3. The van der Waals surface area contributed by atoms with Crippen LogP contribution in [0.5, 0.6) is 11.5 Å². The molecule has 1 aliphatic heterocycles. The zero-order valence-corrected chi connectivity index (χ0v) is 20.5. The van der Waals surface area contributed by atoms with Gasteiger partial charge in [0.15, 0.2) is 0 Å². The zero-order chi connectivity index (χ0) is 26.4. The van der Waals surface area contributed by atoms with E-state index < -0.39 is 12.3 Å². The normalized spacial score (nSPS) is 15.0. The van der Waals surface area contributed by atoms with Crippen LogP contribution in [0.15, 0.2) is 89.4 Å². The molecule has 9 heteroatoms. The summed E-state index contributed by atoms with van der Waals surface area (Å²) in [7, 11) is 0. The lowest BCUT2D eigenvalue weighted by Crippen LogP contribution is -2.49. The topological polar surface area (TPSA) is 136 Å². The minimum Gasteiger partial charge on any atom is -0.462 e. The van der Waals surface area contributed by atoms with Gasteiger partial charge in [-0.15, -0.1) is 0 Å². The summed E-state index contributed by atoms with van der Waals surface area (Å²) in [4.78, 5) is 16.6. The van der Waals surface area contributed by atoms with Crippen molar-refractivity contribution in [2.75, 3.05) is 6.61 Å². The first-order valence-corrected chi connectivity index (χ1v) is 11.7. The van der Waals surface area contributed by atoms with Crippen LogP contribution in [0.2, 0.25) is 0 Å². The van der Waals surface area contributed by atoms with Crippen LogP contribution >= 0.6 is 0 Å². The monoisotopic (exact) mass is 497 g/mol. The molecule has 0 radical (unpaired) electrons. The van der Waals surface area contributed by atoms with Crippen molar-refractivity contribution in [1.29, 1.82) is 5.26 Å². The molecule has 3 aromatic rings. The van der Waals surface area contributed by atoms with E-state index in [1.54, 1.807) is 49.4 Å². The van der Waals surface area contributed by atoms with E-state index in [2.05, 4.69) is 11.1 Å². The Hall–Kier alpha value is -4.81. The fourth-order valence-electron chi connectivity index (χ4n) is 3.64. The Morgan fingerprint density at radius 2 is 1.84 bits per heavy atom. The lowest BCUT2D eigenvalue weighted by atomic mass is 10.1. The number of rotatable bonds is 8. The van der Waals surface area contributed by atoms with Crippen LogP contribution in [0, 0.1) is 18.3 Å². The molecule has 0 saturated carbocycles.